The minimum atomic E-state index is -2.85. The van der Waals surface area contributed by atoms with Crippen LogP contribution in [0.1, 0.15) is 90.5 Å². The van der Waals surface area contributed by atoms with Crippen LogP contribution in [0.15, 0.2) is 48.9 Å². The Morgan fingerprint density at radius 3 is 2.51 bits per heavy atom. The Labute approximate surface area is 328 Å². The fourth-order valence-electron chi connectivity index (χ4n) is 9.05. The van der Waals surface area contributed by atoms with E-state index in [0.717, 1.165) is 88.3 Å². The monoisotopic (exact) mass is 780 g/mol. The number of piperidine rings is 1. The van der Waals surface area contributed by atoms with Crippen LogP contribution in [-0.4, -0.2) is 116 Å². The molecule has 16 heteroatoms. The second-order valence-corrected chi connectivity index (χ2v) is 16.0. The van der Waals surface area contributed by atoms with Crippen LogP contribution in [0.5, 0.6) is 0 Å². The number of anilines is 2. The number of rotatable bonds is 9. The maximum atomic E-state index is 14.2. The molecule has 14 nitrogen and oxygen atoms in total. The highest BCUT2D eigenvalue weighted by Gasteiger charge is 2.40. The Morgan fingerprint density at radius 2 is 1.79 bits per heavy atom. The molecule has 1 aromatic carbocycles. The number of fused-ring (bicyclic) bond motifs is 3. The molecule has 3 amide bonds. The van der Waals surface area contributed by atoms with Crippen molar-refractivity contribution in [2.24, 2.45) is 5.92 Å². The number of imide groups is 1. The lowest BCUT2D eigenvalue weighted by Gasteiger charge is -2.37. The van der Waals surface area contributed by atoms with Crippen molar-refractivity contribution in [2.75, 3.05) is 62.6 Å². The molecule has 1 aliphatic carbocycles. The summed E-state index contributed by atoms with van der Waals surface area (Å²) < 4.78 is 37.3. The molecule has 7 heterocycles. The SMILES string of the molecule is O=C1CCC(c2ccc(C#CCN3CCN(C[C@H]4CC[C@H](n5cc(NC(=O)c6cnn7ccc(N8C[C@H]9C[C@@H]8CO9)nc67)c(C(F)F)n5)CC4)CC3)cc2)C(=O)N1. The summed E-state index contributed by atoms with van der Waals surface area (Å²) in [7, 11) is 0. The van der Waals surface area contributed by atoms with Crippen LogP contribution in [-0.2, 0) is 14.3 Å². The van der Waals surface area contributed by atoms with Crippen molar-refractivity contribution >= 4 is 34.9 Å². The summed E-state index contributed by atoms with van der Waals surface area (Å²) in [5.41, 5.74) is 1.94. The lowest BCUT2D eigenvalue weighted by Crippen LogP contribution is -2.48. The van der Waals surface area contributed by atoms with Gasteiger partial charge in [0.15, 0.2) is 11.3 Å². The molecule has 298 valence electrons. The maximum Gasteiger partial charge on any atom is 0.284 e. The van der Waals surface area contributed by atoms with E-state index in [2.05, 4.69) is 47.4 Å². The van der Waals surface area contributed by atoms with E-state index in [-0.39, 0.29) is 47.2 Å². The van der Waals surface area contributed by atoms with Gasteiger partial charge in [0.1, 0.15) is 11.4 Å². The fourth-order valence-corrected chi connectivity index (χ4v) is 9.05. The molecule has 1 saturated carbocycles. The van der Waals surface area contributed by atoms with E-state index < -0.39 is 18.0 Å². The molecule has 0 spiro atoms. The Morgan fingerprint density at radius 1 is 1.00 bits per heavy atom. The summed E-state index contributed by atoms with van der Waals surface area (Å²) in [6, 6.07) is 9.82. The van der Waals surface area contributed by atoms with E-state index in [0.29, 0.717) is 37.6 Å². The van der Waals surface area contributed by atoms with Gasteiger partial charge in [0.2, 0.25) is 11.8 Å². The standard InChI is InChI=1S/C41H46F2N10O4/c42-38(43)37-34(45-41(56)33-21-44-52-15-13-35(46-39(33)52)51-23-31-20-30(51)25-57-31)24-53(48-37)29-9-5-27(6-10-29)22-50-18-16-49(17-19-50)14-1-2-26-3-7-28(8-4-26)32-11-12-36(54)47-40(32)55/h3-4,7-8,13,15,21,24,27,29-32,38H,5-6,9-12,14,16-20,22-23,25H2,(H,45,56)(H,47,54,55)/t27-,29-,30-,31-,32?/m1/s1. The number of carbonyl (C=O) groups is 3. The molecule has 57 heavy (non-hydrogen) atoms. The third-order valence-electron chi connectivity index (χ3n) is 12.3. The van der Waals surface area contributed by atoms with Gasteiger partial charge in [-0.3, -0.25) is 29.3 Å². The number of nitrogens with one attached hydrogen (secondary N) is 2. The van der Waals surface area contributed by atoms with Crippen molar-refractivity contribution in [3.8, 4) is 11.8 Å². The summed E-state index contributed by atoms with van der Waals surface area (Å²) in [5, 5.41) is 13.7. The molecular weight excluding hydrogens is 735 g/mol. The summed E-state index contributed by atoms with van der Waals surface area (Å²) in [4.78, 5) is 48.9. The topological polar surface area (TPSA) is 142 Å². The second-order valence-electron chi connectivity index (χ2n) is 16.0. The minimum Gasteiger partial charge on any atom is -0.374 e. The molecule has 0 radical (unpaired) electrons. The van der Waals surface area contributed by atoms with Crippen molar-refractivity contribution in [2.45, 2.75) is 75.5 Å². The zero-order valence-corrected chi connectivity index (χ0v) is 31.7. The predicted octanol–water partition coefficient (Wildman–Crippen LogP) is 4.01. The largest absolute Gasteiger partial charge is 0.374 e. The average Bonchev–Trinajstić information content (AvgIpc) is 4.04. The number of carbonyl (C=O) groups excluding carboxylic acids is 3. The van der Waals surface area contributed by atoms with Gasteiger partial charge in [0.05, 0.1) is 49.1 Å². The van der Waals surface area contributed by atoms with Crippen LogP contribution < -0.4 is 15.5 Å². The van der Waals surface area contributed by atoms with E-state index in [4.69, 9.17) is 9.72 Å². The summed E-state index contributed by atoms with van der Waals surface area (Å²) in [6.07, 6.45) is 7.53. The number of hydrogen-bond acceptors (Lipinski definition) is 10. The molecule has 1 unspecified atom stereocenters. The first-order valence-corrected chi connectivity index (χ1v) is 20.0. The highest BCUT2D eigenvalue weighted by Crippen LogP contribution is 2.36. The van der Waals surface area contributed by atoms with Crippen LogP contribution >= 0.6 is 0 Å². The fraction of sp³-hybridized carbons (Fsp3) is 0.512. The van der Waals surface area contributed by atoms with Gasteiger partial charge < -0.3 is 19.9 Å². The number of hydrogen-bond donors (Lipinski definition) is 2. The number of amides is 3. The Balaban J connectivity index is 0.742. The zero-order valence-electron chi connectivity index (χ0n) is 31.7. The summed E-state index contributed by atoms with van der Waals surface area (Å²) >= 11 is 0. The molecule has 5 aliphatic rings. The number of alkyl halides is 2. The van der Waals surface area contributed by atoms with Crippen LogP contribution in [0.4, 0.5) is 20.3 Å². The number of aromatic nitrogens is 5. The summed E-state index contributed by atoms with van der Waals surface area (Å²) in [5.74, 6) is 6.51. The van der Waals surface area contributed by atoms with Crippen molar-refractivity contribution in [1.29, 1.82) is 0 Å². The third kappa shape index (κ3) is 8.01. The van der Waals surface area contributed by atoms with Gasteiger partial charge in [-0.2, -0.15) is 10.2 Å². The van der Waals surface area contributed by atoms with E-state index in [1.54, 1.807) is 17.1 Å². The van der Waals surface area contributed by atoms with Crippen LogP contribution in [0.25, 0.3) is 5.65 Å². The normalized spacial score (nSPS) is 25.5. The van der Waals surface area contributed by atoms with Gasteiger partial charge in [0, 0.05) is 63.6 Å². The molecular formula is C41H46F2N10O4. The molecule has 5 fully saturated rings. The van der Waals surface area contributed by atoms with Crippen LogP contribution in [0.3, 0.4) is 0 Å². The number of morpholine rings is 1. The van der Waals surface area contributed by atoms with E-state index >= 15 is 0 Å². The highest BCUT2D eigenvalue weighted by molar-refractivity contribution is 6.08. The zero-order chi connectivity index (χ0) is 39.0. The van der Waals surface area contributed by atoms with Crippen molar-refractivity contribution in [3.05, 3.63) is 71.3 Å². The van der Waals surface area contributed by atoms with Gasteiger partial charge in [-0.1, -0.05) is 24.0 Å². The first kappa shape index (κ1) is 37.3. The quantitative estimate of drug-likeness (QED) is 0.189. The highest BCUT2D eigenvalue weighted by atomic mass is 19.3. The first-order chi connectivity index (χ1) is 27.7. The molecule has 4 aromatic rings. The first-order valence-electron chi connectivity index (χ1n) is 20.0. The van der Waals surface area contributed by atoms with E-state index in [1.807, 2.05) is 30.3 Å². The number of piperazine rings is 1. The lowest BCUT2D eigenvalue weighted by molar-refractivity contribution is -0.134. The number of ether oxygens (including phenoxy) is 1. The van der Waals surface area contributed by atoms with Gasteiger partial charge in [-0.05, 0) is 68.2 Å². The van der Waals surface area contributed by atoms with Crippen molar-refractivity contribution < 1.29 is 27.9 Å². The number of benzene rings is 1. The van der Waals surface area contributed by atoms with Crippen molar-refractivity contribution in [3.63, 3.8) is 0 Å². The number of halogens is 2. The Kier molecular flexibility index (Phi) is 10.5. The van der Waals surface area contributed by atoms with Crippen molar-refractivity contribution in [1.82, 2.24) is 39.5 Å². The molecule has 2 bridgehead atoms. The molecule has 2 N–H and O–H groups in total. The average molecular weight is 781 g/mol. The molecule has 4 saturated heterocycles. The molecule has 9 rings (SSSR count). The minimum absolute atomic E-state index is 0.00637. The predicted molar refractivity (Wildman–Crippen MR) is 206 cm³/mol. The van der Waals surface area contributed by atoms with Gasteiger partial charge in [-0.15, -0.1) is 0 Å². The Hall–Kier alpha value is -5.24. The molecule has 3 aromatic heterocycles. The maximum absolute atomic E-state index is 14.2. The van der Waals surface area contributed by atoms with Gasteiger partial charge in [-0.25, -0.2) is 18.3 Å². The van der Waals surface area contributed by atoms with Crippen LogP contribution in [0, 0.1) is 17.8 Å². The molecule has 4 aliphatic heterocycles. The van der Waals surface area contributed by atoms with Crippen LogP contribution in [0.2, 0.25) is 0 Å². The second kappa shape index (κ2) is 16.0. The van der Waals surface area contributed by atoms with Gasteiger partial charge >= 0.3 is 0 Å². The lowest BCUT2D eigenvalue weighted by atomic mass is 9.85. The smallest absolute Gasteiger partial charge is 0.284 e. The van der Waals surface area contributed by atoms with E-state index in [1.165, 1.54) is 10.7 Å². The van der Waals surface area contributed by atoms with Gasteiger partial charge in [0.25, 0.3) is 12.3 Å². The summed E-state index contributed by atoms with van der Waals surface area (Å²) in [6.45, 7) is 6.92. The van der Waals surface area contributed by atoms with E-state index in [9.17, 15) is 23.2 Å². The molecule has 3 atom stereocenters. The number of nitrogens with zero attached hydrogens (tertiary/aromatic N) is 8. The Bertz CT molecular complexity index is 2200. The third-order valence-corrected chi connectivity index (χ3v) is 12.3.